The van der Waals surface area contributed by atoms with Crippen LogP contribution in [0.1, 0.15) is 20.3 Å². The summed E-state index contributed by atoms with van der Waals surface area (Å²) in [5, 5.41) is 16.1. The fourth-order valence-corrected chi connectivity index (χ4v) is 1.46. The van der Waals surface area contributed by atoms with Crippen LogP contribution in [0.4, 0.5) is 0 Å². The van der Waals surface area contributed by atoms with E-state index in [1.807, 2.05) is 13.8 Å². The van der Waals surface area contributed by atoms with Gasteiger partial charge >= 0.3 is 0 Å². The summed E-state index contributed by atoms with van der Waals surface area (Å²) in [6.07, 6.45) is 0.819. The van der Waals surface area contributed by atoms with E-state index in [2.05, 4.69) is 10.6 Å². The molecule has 0 saturated carbocycles. The Labute approximate surface area is 68.2 Å². The highest BCUT2D eigenvalue weighted by Crippen LogP contribution is 2.10. The van der Waals surface area contributed by atoms with Crippen LogP contribution in [-0.4, -0.2) is 36.4 Å². The average molecular weight is 158 g/mol. The highest BCUT2D eigenvalue weighted by molar-refractivity contribution is 4.81. The lowest BCUT2D eigenvalue weighted by Gasteiger charge is -2.29. The molecule has 3 heteroatoms. The third kappa shape index (κ3) is 3.70. The first-order valence-corrected chi connectivity index (χ1v) is 4.24. The second kappa shape index (κ2) is 3.52. The topological polar surface area (TPSA) is 44.3 Å². The van der Waals surface area contributed by atoms with Crippen LogP contribution in [-0.2, 0) is 0 Å². The quantitative estimate of drug-likeness (QED) is 0.517. The van der Waals surface area contributed by atoms with Crippen molar-refractivity contribution in [2.45, 2.75) is 31.9 Å². The lowest BCUT2D eigenvalue weighted by molar-refractivity contribution is 0.0573. The molecule has 66 valence electrons. The molecule has 1 saturated heterocycles. The number of aliphatic hydroxyl groups is 1. The van der Waals surface area contributed by atoms with E-state index in [0.717, 1.165) is 26.1 Å². The van der Waals surface area contributed by atoms with Crippen molar-refractivity contribution in [2.24, 2.45) is 0 Å². The fourth-order valence-electron chi connectivity index (χ4n) is 1.46. The van der Waals surface area contributed by atoms with Crippen LogP contribution in [0.3, 0.4) is 0 Å². The van der Waals surface area contributed by atoms with Gasteiger partial charge in [0, 0.05) is 25.7 Å². The first-order valence-electron chi connectivity index (χ1n) is 4.24. The number of hydrogen-bond acceptors (Lipinski definition) is 3. The predicted molar refractivity (Wildman–Crippen MR) is 45.6 cm³/mol. The van der Waals surface area contributed by atoms with Gasteiger partial charge < -0.3 is 15.7 Å². The molecule has 1 fully saturated rings. The van der Waals surface area contributed by atoms with Crippen LogP contribution in [0.2, 0.25) is 0 Å². The van der Waals surface area contributed by atoms with Crippen LogP contribution in [0, 0.1) is 0 Å². The van der Waals surface area contributed by atoms with E-state index in [1.54, 1.807) is 0 Å². The molecule has 1 rings (SSSR count). The average Bonchev–Trinajstić information content (AvgIpc) is 1.85. The summed E-state index contributed by atoms with van der Waals surface area (Å²) >= 11 is 0. The first-order chi connectivity index (χ1) is 5.08. The molecule has 1 heterocycles. The zero-order chi connectivity index (χ0) is 8.32. The molecule has 3 N–H and O–H groups in total. The Kier molecular flexibility index (Phi) is 2.87. The molecule has 0 aromatic rings. The van der Waals surface area contributed by atoms with Crippen molar-refractivity contribution < 1.29 is 5.11 Å². The first kappa shape index (κ1) is 8.97. The molecule has 0 aromatic heterocycles. The molecule has 0 bridgehead atoms. The Bertz CT molecular complexity index is 114. The molecule has 1 aliphatic rings. The maximum atomic E-state index is 9.50. The maximum Gasteiger partial charge on any atom is 0.0607 e. The highest BCUT2D eigenvalue weighted by atomic mass is 16.3. The van der Waals surface area contributed by atoms with Gasteiger partial charge in [0.15, 0.2) is 0 Å². The van der Waals surface area contributed by atoms with E-state index in [1.165, 1.54) is 0 Å². The van der Waals surface area contributed by atoms with Crippen LogP contribution in [0.25, 0.3) is 0 Å². The Morgan fingerprint density at radius 1 is 1.45 bits per heavy atom. The summed E-state index contributed by atoms with van der Waals surface area (Å²) in [5.41, 5.74) is -0.545. The van der Waals surface area contributed by atoms with Crippen molar-refractivity contribution in [3.05, 3.63) is 0 Å². The molecular formula is C8H18N2O. The van der Waals surface area contributed by atoms with Gasteiger partial charge in [0.25, 0.3) is 0 Å². The van der Waals surface area contributed by atoms with Gasteiger partial charge in [-0.2, -0.15) is 0 Å². The van der Waals surface area contributed by atoms with Gasteiger partial charge in [-0.1, -0.05) is 0 Å². The SMILES string of the molecule is CC(C)(O)CC1CNCCN1. The summed E-state index contributed by atoms with van der Waals surface area (Å²) in [6.45, 7) is 6.74. The zero-order valence-electron chi connectivity index (χ0n) is 7.35. The minimum absolute atomic E-state index is 0.434. The van der Waals surface area contributed by atoms with Gasteiger partial charge in [0.1, 0.15) is 0 Å². The van der Waals surface area contributed by atoms with Crippen molar-refractivity contribution in [3.8, 4) is 0 Å². The fraction of sp³-hybridized carbons (Fsp3) is 1.00. The van der Waals surface area contributed by atoms with Gasteiger partial charge in [-0.25, -0.2) is 0 Å². The lowest BCUT2D eigenvalue weighted by Crippen LogP contribution is -2.50. The van der Waals surface area contributed by atoms with Gasteiger partial charge in [-0.15, -0.1) is 0 Å². The highest BCUT2D eigenvalue weighted by Gasteiger charge is 2.21. The van der Waals surface area contributed by atoms with E-state index in [-0.39, 0.29) is 0 Å². The van der Waals surface area contributed by atoms with Gasteiger partial charge in [-0.05, 0) is 20.3 Å². The van der Waals surface area contributed by atoms with Crippen molar-refractivity contribution in [1.82, 2.24) is 10.6 Å². The summed E-state index contributed by atoms with van der Waals surface area (Å²) in [7, 11) is 0. The van der Waals surface area contributed by atoms with E-state index in [0.29, 0.717) is 6.04 Å². The standard InChI is InChI=1S/C8H18N2O/c1-8(2,11)5-7-6-9-3-4-10-7/h7,9-11H,3-6H2,1-2H3. The maximum absolute atomic E-state index is 9.50. The van der Waals surface area contributed by atoms with E-state index < -0.39 is 5.60 Å². The predicted octanol–water partition coefficient (Wildman–Crippen LogP) is -0.291. The van der Waals surface area contributed by atoms with E-state index in [9.17, 15) is 5.11 Å². The molecule has 0 radical (unpaired) electrons. The van der Waals surface area contributed by atoms with Crippen LogP contribution in [0.15, 0.2) is 0 Å². The Balaban J connectivity index is 2.24. The summed E-state index contributed by atoms with van der Waals surface area (Å²) in [5.74, 6) is 0. The largest absolute Gasteiger partial charge is 0.390 e. The Morgan fingerprint density at radius 3 is 2.64 bits per heavy atom. The van der Waals surface area contributed by atoms with Crippen LogP contribution in [0.5, 0.6) is 0 Å². The van der Waals surface area contributed by atoms with Gasteiger partial charge in [-0.3, -0.25) is 0 Å². The number of nitrogens with one attached hydrogen (secondary N) is 2. The molecule has 1 atom stereocenters. The van der Waals surface area contributed by atoms with Crippen molar-refractivity contribution in [2.75, 3.05) is 19.6 Å². The second-order valence-electron chi connectivity index (χ2n) is 3.87. The summed E-state index contributed by atoms with van der Waals surface area (Å²) in [6, 6.07) is 0.434. The number of hydrogen-bond donors (Lipinski definition) is 3. The molecular weight excluding hydrogens is 140 g/mol. The number of piperazine rings is 1. The molecule has 3 nitrogen and oxygen atoms in total. The molecule has 1 unspecified atom stereocenters. The smallest absolute Gasteiger partial charge is 0.0607 e. The second-order valence-corrected chi connectivity index (χ2v) is 3.87. The van der Waals surface area contributed by atoms with Gasteiger partial charge in [0.05, 0.1) is 5.60 Å². The van der Waals surface area contributed by atoms with Gasteiger partial charge in [0.2, 0.25) is 0 Å². The van der Waals surface area contributed by atoms with Crippen molar-refractivity contribution >= 4 is 0 Å². The van der Waals surface area contributed by atoms with Crippen LogP contribution < -0.4 is 10.6 Å². The van der Waals surface area contributed by atoms with E-state index in [4.69, 9.17) is 0 Å². The third-order valence-corrected chi connectivity index (χ3v) is 1.87. The minimum Gasteiger partial charge on any atom is -0.390 e. The molecule has 0 spiro atoms. The molecule has 11 heavy (non-hydrogen) atoms. The lowest BCUT2D eigenvalue weighted by atomic mass is 9.98. The monoisotopic (exact) mass is 158 g/mol. The number of rotatable bonds is 2. The normalized spacial score (nSPS) is 27.0. The third-order valence-electron chi connectivity index (χ3n) is 1.87. The van der Waals surface area contributed by atoms with Crippen molar-refractivity contribution in [1.29, 1.82) is 0 Å². The molecule has 1 aliphatic heterocycles. The summed E-state index contributed by atoms with van der Waals surface area (Å²) in [4.78, 5) is 0. The Hall–Kier alpha value is -0.120. The minimum atomic E-state index is -0.545. The molecule has 0 amide bonds. The van der Waals surface area contributed by atoms with Crippen LogP contribution >= 0.6 is 0 Å². The zero-order valence-corrected chi connectivity index (χ0v) is 7.35. The molecule has 0 aromatic carbocycles. The summed E-state index contributed by atoms with van der Waals surface area (Å²) < 4.78 is 0. The van der Waals surface area contributed by atoms with E-state index >= 15 is 0 Å². The Morgan fingerprint density at radius 2 is 2.18 bits per heavy atom. The van der Waals surface area contributed by atoms with Crippen molar-refractivity contribution in [3.63, 3.8) is 0 Å². The molecule has 0 aliphatic carbocycles.